The molecule has 1 atom stereocenters. The van der Waals surface area contributed by atoms with Crippen molar-refractivity contribution in [2.45, 2.75) is 25.9 Å². The Bertz CT molecular complexity index is 937. The highest BCUT2D eigenvalue weighted by atomic mass is 16.2. The van der Waals surface area contributed by atoms with Crippen LogP contribution in [0.3, 0.4) is 0 Å². The first-order chi connectivity index (χ1) is 12.1. The van der Waals surface area contributed by atoms with Crippen LogP contribution in [0.4, 0.5) is 0 Å². The van der Waals surface area contributed by atoms with Gasteiger partial charge in [-0.25, -0.2) is 4.98 Å². The SMILES string of the molecule is CC(c1ccncc1)N(C)C(=O)CCn1cnc2ccccc2c1=O. The van der Waals surface area contributed by atoms with Gasteiger partial charge in [0.15, 0.2) is 0 Å². The second-order valence-corrected chi connectivity index (χ2v) is 5.97. The van der Waals surface area contributed by atoms with Crippen molar-refractivity contribution in [3.05, 3.63) is 71.0 Å². The summed E-state index contributed by atoms with van der Waals surface area (Å²) in [5.41, 5.74) is 1.57. The van der Waals surface area contributed by atoms with E-state index in [1.54, 1.807) is 36.5 Å². The zero-order valence-corrected chi connectivity index (χ0v) is 14.3. The molecule has 0 aliphatic heterocycles. The van der Waals surface area contributed by atoms with E-state index in [-0.39, 0.29) is 23.9 Å². The van der Waals surface area contributed by atoms with E-state index in [1.807, 2.05) is 31.2 Å². The minimum absolute atomic E-state index is 0.0237. The molecule has 0 aliphatic rings. The molecule has 25 heavy (non-hydrogen) atoms. The van der Waals surface area contributed by atoms with Crippen molar-refractivity contribution in [1.82, 2.24) is 19.4 Å². The predicted molar refractivity (Wildman–Crippen MR) is 96.0 cm³/mol. The van der Waals surface area contributed by atoms with Gasteiger partial charge in [0.05, 0.1) is 23.3 Å². The van der Waals surface area contributed by atoms with Gasteiger partial charge in [-0.3, -0.25) is 19.1 Å². The Hall–Kier alpha value is -3.02. The Labute approximate surface area is 145 Å². The number of fused-ring (bicyclic) bond motifs is 1. The molecule has 1 unspecified atom stereocenters. The minimum Gasteiger partial charge on any atom is -0.339 e. The monoisotopic (exact) mass is 336 g/mol. The first-order valence-electron chi connectivity index (χ1n) is 8.17. The van der Waals surface area contributed by atoms with E-state index in [0.717, 1.165) is 5.56 Å². The molecule has 0 fully saturated rings. The molecule has 3 aromatic rings. The smallest absolute Gasteiger partial charge is 0.261 e. The van der Waals surface area contributed by atoms with E-state index in [9.17, 15) is 9.59 Å². The lowest BCUT2D eigenvalue weighted by atomic mass is 10.1. The number of nitrogens with zero attached hydrogens (tertiary/aromatic N) is 4. The van der Waals surface area contributed by atoms with Gasteiger partial charge in [0.25, 0.3) is 5.56 Å². The number of hydrogen-bond acceptors (Lipinski definition) is 4. The first-order valence-corrected chi connectivity index (χ1v) is 8.17. The van der Waals surface area contributed by atoms with Crippen LogP contribution in [0.5, 0.6) is 0 Å². The summed E-state index contributed by atoms with van der Waals surface area (Å²) < 4.78 is 1.49. The fourth-order valence-electron chi connectivity index (χ4n) is 2.74. The lowest BCUT2D eigenvalue weighted by Gasteiger charge is -2.25. The Morgan fingerprint density at radius 1 is 1.20 bits per heavy atom. The molecule has 2 aromatic heterocycles. The molecule has 6 nitrogen and oxygen atoms in total. The Morgan fingerprint density at radius 3 is 2.68 bits per heavy atom. The average molecular weight is 336 g/mol. The molecule has 128 valence electrons. The summed E-state index contributed by atoms with van der Waals surface area (Å²) in [5.74, 6) is -0.0237. The molecule has 0 spiro atoms. The number of aromatic nitrogens is 3. The number of aryl methyl sites for hydroxylation is 1. The summed E-state index contributed by atoms with van der Waals surface area (Å²) in [5, 5.41) is 0.566. The summed E-state index contributed by atoms with van der Waals surface area (Å²) in [6, 6.07) is 10.9. The molecule has 1 aromatic carbocycles. The van der Waals surface area contributed by atoms with Crippen LogP contribution in [0.15, 0.2) is 59.9 Å². The van der Waals surface area contributed by atoms with Crippen molar-refractivity contribution in [2.24, 2.45) is 0 Å². The summed E-state index contributed by atoms with van der Waals surface area (Å²) in [4.78, 5) is 34.9. The molecular formula is C19H20N4O2. The molecule has 0 saturated carbocycles. The van der Waals surface area contributed by atoms with Gasteiger partial charge in [0.2, 0.25) is 5.91 Å². The van der Waals surface area contributed by atoms with Gasteiger partial charge in [-0.15, -0.1) is 0 Å². The topological polar surface area (TPSA) is 68.1 Å². The predicted octanol–water partition coefficient (Wildman–Crippen LogP) is 2.40. The van der Waals surface area contributed by atoms with Gasteiger partial charge in [-0.05, 0) is 36.8 Å². The van der Waals surface area contributed by atoms with Crippen LogP contribution < -0.4 is 5.56 Å². The summed E-state index contributed by atoms with van der Waals surface area (Å²) in [7, 11) is 1.77. The number of carbonyl (C=O) groups excluding carboxylic acids is 1. The van der Waals surface area contributed by atoms with Gasteiger partial charge < -0.3 is 4.90 Å². The Kier molecular flexibility index (Phi) is 4.88. The molecule has 0 radical (unpaired) electrons. The maximum Gasteiger partial charge on any atom is 0.261 e. The van der Waals surface area contributed by atoms with Crippen LogP contribution in [0.25, 0.3) is 10.9 Å². The van der Waals surface area contributed by atoms with Crippen LogP contribution >= 0.6 is 0 Å². The maximum atomic E-state index is 12.5. The average Bonchev–Trinajstić information content (AvgIpc) is 2.67. The summed E-state index contributed by atoms with van der Waals surface area (Å²) >= 11 is 0. The quantitative estimate of drug-likeness (QED) is 0.717. The van der Waals surface area contributed by atoms with Gasteiger partial charge in [-0.2, -0.15) is 0 Å². The van der Waals surface area contributed by atoms with Crippen LogP contribution in [0.1, 0.15) is 24.9 Å². The third-order valence-corrected chi connectivity index (χ3v) is 4.46. The lowest BCUT2D eigenvalue weighted by molar-refractivity contribution is -0.132. The van der Waals surface area contributed by atoms with E-state index in [4.69, 9.17) is 0 Å². The number of amides is 1. The molecule has 3 rings (SSSR count). The third kappa shape index (κ3) is 3.57. The number of carbonyl (C=O) groups is 1. The third-order valence-electron chi connectivity index (χ3n) is 4.46. The molecule has 0 bridgehead atoms. The molecular weight excluding hydrogens is 316 g/mol. The van der Waals surface area contributed by atoms with Crippen LogP contribution in [0.2, 0.25) is 0 Å². The van der Waals surface area contributed by atoms with Gasteiger partial charge in [0.1, 0.15) is 0 Å². The number of pyridine rings is 1. The van der Waals surface area contributed by atoms with Crippen molar-refractivity contribution in [2.75, 3.05) is 7.05 Å². The normalized spacial score (nSPS) is 12.1. The van der Waals surface area contributed by atoms with Crippen LogP contribution in [-0.4, -0.2) is 32.4 Å². The number of hydrogen-bond donors (Lipinski definition) is 0. The van der Waals surface area contributed by atoms with E-state index >= 15 is 0 Å². The highest BCUT2D eigenvalue weighted by molar-refractivity contribution is 5.77. The summed E-state index contributed by atoms with van der Waals surface area (Å²) in [6.45, 7) is 2.28. The van der Waals surface area contributed by atoms with E-state index in [0.29, 0.717) is 17.4 Å². The standard InChI is InChI=1S/C19H20N4O2/c1-14(15-7-10-20-11-8-15)22(2)18(24)9-12-23-13-21-17-6-4-3-5-16(17)19(23)25/h3-8,10-11,13-14H,9,12H2,1-2H3. The summed E-state index contributed by atoms with van der Waals surface area (Å²) in [6.07, 6.45) is 5.17. The van der Waals surface area contributed by atoms with Crippen molar-refractivity contribution < 1.29 is 4.79 Å². The molecule has 6 heteroatoms. The van der Waals surface area contributed by atoms with Crippen molar-refractivity contribution >= 4 is 16.8 Å². The Morgan fingerprint density at radius 2 is 1.92 bits per heavy atom. The highest BCUT2D eigenvalue weighted by Crippen LogP contribution is 2.18. The number of rotatable bonds is 5. The fraction of sp³-hybridized carbons (Fsp3) is 0.263. The molecule has 1 amide bonds. The minimum atomic E-state index is -0.122. The first kappa shape index (κ1) is 16.8. The second kappa shape index (κ2) is 7.25. The molecule has 0 aliphatic carbocycles. The largest absolute Gasteiger partial charge is 0.339 e. The van der Waals surface area contributed by atoms with E-state index in [1.165, 1.54) is 10.9 Å². The van der Waals surface area contributed by atoms with Crippen LogP contribution in [0, 0.1) is 0 Å². The molecule has 0 saturated heterocycles. The number of para-hydroxylation sites is 1. The zero-order chi connectivity index (χ0) is 17.8. The van der Waals surface area contributed by atoms with Gasteiger partial charge in [0, 0.05) is 32.4 Å². The number of benzene rings is 1. The van der Waals surface area contributed by atoms with Gasteiger partial charge in [-0.1, -0.05) is 12.1 Å². The Balaban J connectivity index is 1.70. The van der Waals surface area contributed by atoms with Crippen molar-refractivity contribution in [3.8, 4) is 0 Å². The zero-order valence-electron chi connectivity index (χ0n) is 14.3. The van der Waals surface area contributed by atoms with Crippen LogP contribution in [-0.2, 0) is 11.3 Å². The van der Waals surface area contributed by atoms with E-state index in [2.05, 4.69) is 9.97 Å². The maximum absolute atomic E-state index is 12.5. The van der Waals surface area contributed by atoms with Crippen molar-refractivity contribution in [1.29, 1.82) is 0 Å². The highest BCUT2D eigenvalue weighted by Gasteiger charge is 2.17. The van der Waals surface area contributed by atoms with E-state index < -0.39 is 0 Å². The molecule has 0 N–H and O–H groups in total. The fourth-order valence-corrected chi connectivity index (χ4v) is 2.74. The lowest BCUT2D eigenvalue weighted by Crippen LogP contribution is -2.31. The van der Waals surface area contributed by atoms with Gasteiger partial charge >= 0.3 is 0 Å². The second-order valence-electron chi connectivity index (χ2n) is 5.97. The van der Waals surface area contributed by atoms with Crippen molar-refractivity contribution in [3.63, 3.8) is 0 Å². The molecule has 2 heterocycles.